The number of aliphatic carboxylic acids is 1. The van der Waals surface area contributed by atoms with Crippen LogP contribution in [0, 0.1) is 5.92 Å². The molecule has 104 valence electrons. The van der Waals surface area contributed by atoms with Crippen LogP contribution in [0.1, 0.15) is 39.5 Å². The van der Waals surface area contributed by atoms with Crippen molar-refractivity contribution in [3.8, 4) is 0 Å². The van der Waals surface area contributed by atoms with Crippen LogP contribution in [0.5, 0.6) is 0 Å². The Labute approximate surface area is 109 Å². The second-order valence-electron chi connectivity index (χ2n) is 5.22. The molecular weight excluding hydrogens is 232 g/mol. The Morgan fingerprint density at radius 3 is 2.44 bits per heavy atom. The molecule has 0 aromatic rings. The largest absolute Gasteiger partial charge is 0.481 e. The Bertz CT molecular complexity index is 286. The highest BCUT2D eigenvalue weighted by Crippen LogP contribution is 2.18. The van der Waals surface area contributed by atoms with Crippen LogP contribution in [0.15, 0.2) is 0 Å². The molecule has 0 atom stereocenters. The molecule has 1 amide bonds. The number of piperidine rings is 1. The zero-order chi connectivity index (χ0) is 13.5. The first kappa shape index (κ1) is 15.0. The first-order chi connectivity index (χ1) is 8.50. The van der Waals surface area contributed by atoms with Gasteiger partial charge in [-0.3, -0.25) is 9.59 Å². The van der Waals surface area contributed by atoms with Gasteiger partial charge in [0.1, 0.15) is 0 Å². The second-order valence-corrected chi connectivity index (χ2v) is 5.22. The maximum Gasteiger partial charge on any atom is 0.305 e. The van der Waals surface area contributed by atoms with Gasteiger partial charge in [-0.15, -0.1) is 0 Å². The van der Waals surface area contributed by atoms with E-state index in [0.29, 0.717) is 18.9 Å². The van der Waals surface area contributed by atoms with Gasteiger partial charge in [0.25, 0.3) is 0 Å². The van der Waals surface area contributed by atoms with Crippen molar-refractivity contribution < 1.29 is 14.7 Å². The minimum Gasteiger partial charge on any atom is -0.481 e. The maximum absolute atomic E-state index is 12.2. The standard InChI is InChI=1S/C13H24N2O3/c1-10(2)15(8-5-13(17)18)12(16)9-11-3-6-14-7-4-11/h10-11,14H,3-9H2,1-2H3,(H,17,18). The number of nitrogens with zero attached hydrogens (tertiary/aromatic N) is 1. The highest BCUT2D eigenvalue weighted by atomic mass is 16.4. The van der Waals surface area contributed by atoms with Crippen LogP contribution in [0.3, 0.4) is 0 Å². The van der Waals surface area contributed by atoms with E-state index in [4.69, 9.17) is 5.11 Å². The first-order valence-corrected chi connectivity index (χ1v) is 6.72. The number of carbonyl (C=O) groups excluding carboxylic acids is 1. The Morgan fingerprint density at radius 1 is 1.33 bits per heavy atom. The van der Waals surface area contributed by atoms with Crippen LogP contribution in [0.2, 0.25) is 0 Å². The van der Waals surface area contributed by atoms with Gasteiger partial charge < -0.3 is 15.3 Å². The van der Waals surface area contributed by atoms with Gasteiger partial charge in [-0.1, -0.05) is 0 Å². The number of hydrogen-bond acceptors (Lipinski definition) is 3. The number of rotatable bonds is 6. The Balaban J connectivity index is 2.45. The number of carbonyl (C=O) groups is 2. The molecule has 0 aliphatic carbocycles. The number of amides is 1. The monoisotopic (exact) mass is 256 g/mol. The molecule has 18 heavy (non-hydrogen) atoms. The summed E-state index contributed by atoms with van der Waals surface area (Å²) in [5.41, 5.74) is 0. The number of carboxylic acids is 1. The van der Waals surface area contributed by atoms with E-state index in [0.717, 1.165) is 25.9 Å². The van der Waals surface area contributed by atoms with E-state index < -0.39 is 5.97 Å². The van der Waals surface area contributed by atoms with Crippen LogP contribution in [-0.2, 0) is 9.59 Å². The van der Waals surface area contributed by atoms with Gasteiger partial charge in [-0.2, -0.15) is 0 Å². The fourth-order valence-electron chi connectivity index (χ4n) is 2.34. The summed E-state index contributed by atoms with van der Waals surface area (Å²) in [6, 6.07) is 0.0681. The zero-order valence-electron chi connectivity index (χ0n) is 11.3. The Kier molecular flexibility index (Phi) is 6.12. The van der Waals surface area contributed by atoms with E-state index in [9.17, 15) is 9.59 Å². The van der Waals surface area contributed by atoms with Crippen molar-refractivity contribution in [2.75, 3.05) is 19.6 Å². The summed E-state index contributed by atoms with van der Waals surface area (Å²) < 4.78 is 0. The van der Waals surface area contributed by atoms with Crippen molar-refractivity contribution in [2.45, 2.75) is 45.6 Å². The lowest BCUT2D eigenvalue weighted by atomic mass is 9.94. The molecule has 0 spiro atoms. The lowest BCUT2D eigenvalue weighted by molar-refractivity contribution is -0.139. The second kappa shape index (κ2) is 7.36. The average Bonchev–Trinajstić information content (AvgIpc) is 2.29. The van der Waals surface area contributed by atoms with Crippen molar-refractivity contribution in [3.63, 3.8) is 0 Å². The molecule has 1 aliphatic rings. The Morgan fingerprint density at radius 2 is 1.94 bits per heavy atom. The molecule has 1 saturated heterocycles. The molecule has 0 radical (unpaired) electrons. The van der Waals surface area contributed by atoms with E-state index in [1.54, 1.807) is 4.90 Å². The van der Waals surface area contributed by atoms with E-state index in [1.807, 2.05) is 13.8 Å². The molecule has 0 aromatic carbocycles. The SMILES string of the molecule is CC(C)N(CCC(=O)O)C(=O)CC1CCNCC1. The molecule has 1 fully saturated rings. The zero-order valence-corrected chi connectivity index (χ0v) is 11.3. The minimum atomic E-state index is -0.852. The van der Waals surface area contributed by atoms with E-state index in [1.165, 1.54) is 0 Å². The summed E-state index contributed by atoms with van der Waals surface area (Å²) in [6.45, 7) is 6.14. The van der Waals surface area contributed by atoms with E-state index in [-0.39, 0.29) is 18.4 Å². The molecular formula is C13H24N2O3. The van der Waals surface area contributed by atoms with Gasteiger partial charge in [0, 0.05) is 19.0 Å². The van der Waals surface area contributed by atoms with Crippen LogP contribution in [0.4, 0.5) is 0 Å². The topological polar surface area (TPSA) is 69.6 Å². The quantitative estimate of drug-likeness (QED) is 0.746. The molecule has 1 aliphatic heterocycles. The van der Waals surface area contributed by atoms with Crippen molar-refractivity contribution >= 4 is 11.9 Å². The van der Waals surface area contributed by atoms with Crippen LogP contribution < -0.4 is 5.32 Å². The van der Waals surface area contributed by atoms with Crippen molar-refractivity contribution in [1.82, 2.24) is 10.2 Å². The lowest BCUT2D eigenvalue weighted by Gasteiger charge is -2.29. The molecule has 0 saturated carbocycles. The van der Waals surface area contributed by atoms with Crippen molar-refractivity contribution in [3.05, 3.63) is 0 Å². The molecule has 1 heterocycles. The average molecular weight is 256 g/mol. The Hall–Kier alpha value is -1.10. The highest BCUT2D eigenvalue weighted by Gasteiger charge is 2.22. The first-order valence-electron chi connectivity index (χ1n) is 6.72. The summed E-state index contributed by atoms with van der Waals surface area (Å²) in [7, 11) is 0. The van der Waals surface area contributed by atoms with Crippen LogP contribution >= 0.6 is 0 Å². The van der Waals surface area contributed by atoms with Gasteiger partial charge in [0.2, 0.25) is 5.91 Å². The van der Waals surface area contributed by atoms with Crippen molar-refractivity contribution in [2.24, 2.45) is 5.92 Å². The molecule has 1 rings (SSSR count). The number of nitrogens with one attached hydrogen (secondary N) is 1. The van der Waals surface area contributed by atoms with Gasteiger partial charge in [0.05, 0.1) is 6.42 Å². The summed E-state index contributed by atoms with van der Waals surface area (Å²) in [5.74, 6) is -0.307. The third kappa shape index (κ3) is 5.04. The van der Waals surface area contributed by atoms with Gasteiger partial charge in [-0.05, 0) is 45.7 Å². The highest BCUT2D eigenvalue weighted by molar-refractivity contribution is 5.77. The van der Waals surface area contributed by atoms with Gasteiger partial charge >= 0.3 is 5.97 Å². The number of carboxylic acid groups (broad SMARTS) is 1. The summed E-state index contributed by atoms with van der Waals surface area (Å²) in [4.78, 5) is 24.5. The normalized spacial score (nSPS) is 16.8. The minimum absolute atomic E-state index is 0.0240. The van der Waals surface area contributed by atoms with Gasteiger partial charge in [0.15, 0.2) is 0 Å². The third-order valence-corrected chi connectivity index (χ3v) is 3.43. The van der Waals surface area contributed by atoms with Gasteiger partial charge in [-0.25, -0.2) is 0 Å². The third-order valence-electron chi connectivity index (χ3n) is 3.43. The van der Waals surface area contributed by atoms with Crippen molar-refractivity contribution in [1.29, 1.82) is 0 Å². The molecule has 5 heteroatoms. The predicted molar refractivity (Wildman–Crippen MR) is 69.3 cm³/mol. The summed E-state index contributed by atoms with van der Waals surface area (Å²) in [5, 5.41) is 12.0. The molecule has 0 bridgehead atoms. The van der Waals surface area contributed by atoms with E-state index in [2.05, 4.69) is 5.32 Å². The lowest BCUT2D eigenvalue weighted by Crippen LogP contribution is -2.40. The smallest absolute Gasteiger partial charge is 0.305 e. The molecule has 5 nitrogen and oxygen atoms in total. The molecule has 0 unspecified atom stereocenters. The number of hydrogen-bond donors (Lipinski definition) is 2. The molecule has 2 N–H and O–H groups in total. The fourth-order valence-corrected chi connectivity index (χ4v) is 2.34. The summed E-state index contributed by atoms with van der Waals surface area (Å²) in [6.07, 6.45) is 2.66. The van der Waals surface area contributed by atoms with E-state index >= 15 is 0 Å². The van der Waals surface area contributed by atoms with Crippen LogP contribution in [-0.4, -0.2) is 47.6 Å². The predicted octanol–water partition coefficient (Wildman–Crippen LogP) is 1.09. The fraction of sp³-hybridized carbons (Fsp3) is 0.846. The maximum atomic E-state index is 12.2. The summed E-state index contributed by atoms with van der Waals surface area (Å²) >= 11 is 0. The van der Waals surface area contributed by atoms with Crippen LogP contribution in [0.25, 0.3) is 0 Å². The molecule has 0 aromatic heterocycles.